The minimum absolute atomic E-state index is 0.121. The van der Waals surface area contributed by atoms with E-state index >= 15 is 0 Å². The summed E-state index contributed by atoms with van der Waals surface area (Å²) < 4.78 is 52.8. The SMILES string of the molecule is OC(c1cccc(OC(F)(F)F)c1)c1ccc(F)cn1. The molecule has 0 bridgehead atoms. The van der Waals surface area contributed by atoms with Gasteiger partial charge in [0, 0.05) is 0 Å². The van der Waals surface area contributed by atoms with Gasteiger partial charge in [-0.25, -0.2) is 4.39 Å². The van der Waals surface area contributed by atoms with Crippen LogP contribution in [0.2, 0.25) is 0 Å². The lowest BCUT2D eigenvalue weighted by atomic mass is 10.1. The molecule has 0 fully saturated rings. The van der Waals surface area contributed by atoms with E-state index in [0.717, 1.165) is 24.4 Å². The second kappa shape index (κ2) is 5.46. The topological polar surface area (TPSA) is 42.4 Å². The van der Waals surface area contributed by atoms with Gasteiger partial charge >= 0.3 is 6.36 Å². The van der Waals surface area contributed by atoms with Gasteiger partial charge in [0.1, 0.15) is 17.7 Å². The van der Waals surface area contributed by atoms with Gasteiger partial charge in [-0.3, -0.25) is 4.98 Å². The summed E-state index contributed by atoms with van der Waals surface area (Å²) in [6.07, 6.45) is -5.17. The first kappa shape index (κ1) is 14.3. The molecule has 0 aliphatic rings. The lowest BCUT2D eigenvalue weighted by Crippen LogP contribution is -2.17. The fourth-order valence-corrected chi connectivity index (χ4v) is 1.60. The molecule has 0 aliphatic heterocycles. The summed E-state index contributed by atoms with van der Waals surface area (Å²) in [5.74, 6) is -1.02. The average Bonchev–Trinajstić information content (AvgIpc) is 2.37. The number of aromatic nitrogens is 1. The van der Waals surface area contributed by atoms with Gasteiger partial charge in [-0.2, -0.15) is 0 Å². The molecule has 3 nitrogen and oxygen atoms in total. The Hall–Kier alpha value is -2.15. The molecule has 1 N–H and O–H groups in total. The highest BCUT2D eigenvalue weighted by atomic mass is 19.4. The van der Waals surface area contributed by atoms with Crippen LogP contribution in [0.1, 0.15) is 17.4 Å². The van der Waals surface area contributed by atoms with Crippen molar-refractivity contribution in [2.75, 3.05) is 0 Å². The lowest BCUT2D eigenvalue weighted by molar-refractivity contribution is -0.274. The standard InChI is InChI=1S/C13H9F4NO2/c14-9-4-5-11(18-7-9)12(19)8-2-1-3-10(6-8)20-13(15,16)17/h1-7,12,19H. The molecule has 2 aromatic rings. The van der Waals surface area contributed by atoms with E-state index in [9.17, 15) is 22.7 Å². The van der Waals surface area contributed by atoms with Crippen molar-refractivity contribution in [1.29, 1.82) is 0 Å². The van der Waals surface area contributed by atoms with E-state index in [1.54, 1.807) is 0 Å². The number of aliphatic hydroxyl groups excluding tert-OH is 1. The van der Waals surface area contributed by atoms with Crippen molar-refractivity contribution in [1.82, 2.24) is 4.98 Å². The van der Waals surface area contributed by atoms with Crippen LogP contribution >= 0.6 is 0 Å². The van der Waals surface area contributed by atoms with E-state index in [1.807, 2.05) is 0 Å². The minimum atomic E-state index is -4.81. The Kier molecular flexibility index (Phi) is 3.89. The number of hydrogen-bond donors (Lipinski definition) is 1. The summed E-state index contributed by atoms with van der Waals surface area (Å²) in [6, 6.07) is 7.23. The van der Waals surface area contributed by atoms with E-state index < -0.39 is 24.0 Å². The second-order valence-corrected chi connectivity index (χ2v) is 3.92. The molecule has 0 radical (unpaired) electrons. The van der Waals surface area contributed by atoms with Crippen LogP contribution in [0.3, 0.4) is 0 Å². The summed E-state index contributed by atoms with van der Waals surface area (Å²) >= 11 is 0. The molecule has 0 spiro atoms. The summed E-state index contributed by atoms with van der Waals surface area (Å²) in [6.45, 7) is 0. The number of nitrogens with zero attached hydrogens (tertiary/aromatic N) is 1. The van der Waals surface area contributed by atoms with Gasteiger partial charge in [-0.1, -0.05) is 12.1 Å². The molecule has 0 saturated carbocycles. The molecule has 20 heavy (non-hydrogen) atoms. The Bertz CT molecular complexity index is 584. The van der Waals surface area contributed by atoms with Crippen LogP contribution in [-0.2, 0) is 0 Å². The van der Waals surface area contributed by atoms with E-state index in [2.05, 4.69) is 9.72 Å². The van der Waals surface area contributed by atoms with Gasteiger partial charge in [-0.15, -0.1) is 13.2 Å². The van der Waals surface area contributed by atoms with Crippen LogP contribution in [0.5, 0.6) is 5.75 Å². The van der Waals surface area contributed by atoms with Crippen molar-refractivity contribution in [3.8, 4) is 5.75 Å². The fourth-order valence-electron chi connectivity index (χ4n) is 1.60. The van der Waals surface area contributed by atoms with Gasteiger partial charge in [0.05, 0.1) is 11.9 Å². The number of alkyl halides is 3. The molecule has 0 aliphatic carbocycles. The van der Waals surface area contributed by atoms with Gasteiger partial charge in [0.15, 0.2) is 0 Å². The molecule has 1 aromatic carbocycles. The number of aliphatic hydroxyl groups is 1. The number of ether oxygens (including phenoxy) is 1. The average molecular weight is 287 g/mol. The number of rotatable bonds is 3. The predicted molar refractivity (Wildman–Crippen MR) is 61.4 cm³/mol. The van der Waals surface area contributed by atoms with Gasteiger partial charge in [0.2, 0.25) is 0 Å². The van der Waals surface area contributed by atoms with Crippen molar-refractivity contribution in [3.63, 3.8) is 0 Å². The highest BCUT2D eigenvalue weighted by molar-refractivity contribution is 5.33. The normalized spacial score (nSPS) is 13.1. The van der Waals surface area contributed by atoms with Crippen molar-refractivity contribution in [2.24, 2.45) is 0 Å². The first-order valence-corrected chi connectivity index (χ1v) is 5.50. The van der Waals surface area contributed by atoms with Crippen molar-refractivity contribution in [2.45, 2.75) is 12.5 Å². The summed E-state index contributed by atoms with van der Waals surface area (Å²) in [5, 5.41) is 9.98. The molecule has 106 valence electrons. The zero-order chi connectivity index (χ0) is 14.8. The molecule has 1 unspecified atom stereocenters. The second-order valence-electron chi connectivity index (χ2n) is 3.92. The van der Waals surface area contributed by atoms with Crippen LogP contribution in [-0.4, -0.2) is 16.5 Å². The van der Waals surface area contributed by atoms with Crippen molar-refractivity contribution >= 4 is 0 Å². The molecule has 0 amide bonds. The third kappa shape index (κ3) is 3.67. The zero-order valence-electron chi connectivity index (χ0n) is 9.93. The van der Waals surface area contributed by atoms with Crippen LogP contribution < -0.4 is 4.74 Å². The van der Waals surface area contributed by atoms with Crippen LogP contribution in [0, 0.1) is 5.82 Å². The number of pyridine rings is 1. The first-order valence-electron chi connectivity index (χ1n) is 5.50. The fraction of sp³-hybridized carbons (Fsp3) is 0.154. The third-order valence-electron chi connectivity index (χ3n) is 2.44. The summed E-state index contributed by atoms with van der Waals surface area (Å²) in [7, 11) is 0. The lowest BCUT2D eigenvalue weighted by Gasteiger charge is -2.13. The van der Waals surface area contributed by atoms with E-state index in [0.29, 0.717) is 0 Å². The Balaban J connectivity index is 2.24. The molecular weight excluding hydrogens is 278 g/mol. The number of benzene rings is 1. The first-order chi connectivity index (χ1) is 9.35. The molecular formula is C13H9F4NO2. The highest BCUT2D eigenvalue weighted by Gasteiger charge is 2.31. The highest BCUT2D eigenvalue weighted by Crippen LogP contribution is 2.27. The Labute approximate surface area is 111 Å². The minimum Gasteiger partial charge on any atom is -0.406 e. The Morgan fingerprint density at radius 1 is 1.15 bits per heavy atom. The maximum absolute atomic E-state index is 12.7. The van der Waals surface area contributed by atoms with Gasteiger partial charge < -0.3 is 9.84 Å². The maximum atomic E-state index is 12.7. The van der Waals surface area contributed by atoms with Gasteiger partial charge in [-0.05, 0) is 29.8 Å². The van der Waals surface area contributed by atoms with Crippen LogP contribution in [0.15, 0.2) is 42.6 Å². The van der Waals surface area contributed by atoms with Crippen molar-refractivity contribution < 1.29 is 27.4 Å². The van der Waals surface area contributed by atoms with Crippen LogP contribution in [0.4, 0.5) is 17.6 Å². The molecule has 1 atom stereocenters. The summed E-state index contributed by atoms with van der Waals surface area (Å²) in [5.41, 5.74) is 0.279. The van der Waals surface area contributed by atoms with E-state index in [-0.39, 0.29) is 11.3 Å². The molecule has 2 rings (SSSR count). The van der Waals surface area contributed by atoms with E-state index in [1.165, 1.54) is 18.2 Å². The van der Waals surface area contributed by atoms with E-state index in [4.69, 9.17) is 0 Å². The monoisotopic (exact) mass is 287 g/mol. The van der Waals surface area contributed by atoms with Crippen LogP contribution in [0.25, 0.3) is 0 Å². The number of halogens is 4. The zero-order valence-corrected chi connectivity index (χ0v) is 9.93. The Morgan fingerprint density at radius 3 is 2.50 bits per heavy atom. The predicted octanol–water partition coefficient (Wildman–Crippen LogP) is 3.20. The quantitative estimate of drug-likeness (QED) is 0.881. The maximum Gasteiger partial charge on any atom is 0.573 e. The molecule has 0 saturated heterocycles. The summed E-state index contributed by atoms with van der Waals surface area (Å²) in [4.78, 5) is 3.67. The third-order valence-corrected chi connectivity index (χ3v) is 2.44. The molecule has 1 aromatic heterocycles. The molecule has 1 heterocycles. The largest absolute Gasteiger partial charge is 0.573 e. The Morgan fingerprint density at radius 2 is 1.90 bits per heavy atom. The van der Waals surface area contributed by atoms with Crippen molar-refractivity contribution in [3.05, 3.63) is 59.7 Å². The smallest absolute Gasteiger partial charge is 0.406 e. The number of hydrogen-bond acceptors (Lipinski definition) is 3. The molecule has 7 heteroatoms. The van der Waals surface area contributed by atoms with Gasteiger partial charge in [0.25, 0.3) is 0 Å².